The van der Waals surface area contributed by atoms with Crippen LogP contribution in [-0.2, 0) is 10.9 Å². The molecule has 272 valence electrons. The number of nitrogens with zero attached hydrogens (tertiary/aromatic N) is 11. The van der Waals surface area contributed by atoms with Gasteiger partial charge in [0.25, 0.3) is 0 Å². The molecule has 8 aromatic rings. The highest BCUT2D eigenvalue weighted by atomic mass is 19.4. The molecule has 0 aromatic carbocycles. The number of carbonyl (C=O) groups is 1. The van der Waals surface area contributed by atoms with E-state index in [1.54, 1.807) is 73.4 Å². The number of hydrogen-bond donors (Lipinski definition) is 0. The van der Waals surface area contributed by atoms with Gasteiger partial charge in [0, 0.05) is 35.9 Å². The van der Waals surface area contributed by atoms with Gasteiger partial charge >= 0.3 is 12.1 Å². The van der Waals surface area contributed by atoms with Gasteiger partial charge in [-0.15, -0.1) is 0 Å². The van der Waals surface area contributed by atoms with Gasteiger partial charge in [-0.3, -0.25) is 9.97 Å². The first-order valence-electron chi connectivity index (χ1n) is 16.4. The number of halogens is 4. The Morgan fingerprint density at radius 2 is 1.38 bits per heavy atom. The summed E-state index contributed by atoms with van der Waals surface area (Å²) in [5.74, 6) is -0.929. The Hall–Kier alpha value is -7.48. The predicted octanol–water partition coefficient (Wildman–Crippen LogP) is 7.22. The van der Waals surface area contributed by atoms with Crippen molar-refractivity contribution in [1.82, 2.24) is 49.1 Å². The Bertz CT molecular complexity index is 2760. The monoisotopic (exact) mass is 743 g/mol. The van der Waals surface area contributed by atoms with E-state index in [4.69, 9.17) is 4.74 Å². The number of fused-ring (bicyclic) bond motifs is 2. The second-order valence-electron chi connectivity index (χ2n) is 11.6. The summed E-state index contributed by atoms with van der Waals surface area (Å²) < 4.78 is 60.7. The summed E-state index contributed by atoms with van der Waals surface area (Å²) in [5, 5.41) is 17.3. The van der Waals surface area contributed by atoms with Gasteiger partial charge in [0.2, 0.25) is 0 Å². The van der Waals surface area contributed by atoms with Crippen molar-refractivity contribution in [3.63, 3.8) is 0 Å². The van der Waals surface area contributed by atoms with Crippen LogP contribution in [0.1, 0.15) is 34.2 Å². The summed E-state index contributed by atoms with van der Waals surface area (Å²) in [4.78, 5) is 37.8. The van der Waals surface area contributed by atoms with Gasteiger partial charge in [-0.1, -0.05) is 6.07 Å². The third kappa shape index (κ3) is 7.28. The first-order chi connectivity index (χ1) is 26.5. The van der Waals surface area contributed by atoms with Crippen LogP contribution in [-0.4, -0.2) is 61.7 Å². The van der Waals surface area contributed by atoms with E-state index in [0.717, 1.165) is 11.6 Å². The van der Waals surface area contributed by atoms with Gasteiger partial charge in [-0.2, -0.15) is 28.6 Å². The number of nitriles is 1. The number of esters is 1. The van der Waals surface area contributed by atoms with E-state index >= 15 is 0 Å². The highest BCUT2D eigenvalue weighted by molar-refractivity contribution is 5.96. The van der Waals surface area contributed by atoms with Gasteiger partial charge in [-0.25, -0.2) is 38.2 Å². The highest BCUT2D eigenvalue weighted by Gasteiger charge is 2.33. The number of alkyl halides is 3. The third-order valence-corrected chi connectivity index (χ3v) is 8.07. The SMILES string of the molecule is CCOC(=O)c1cnn2ccc(-c3cccnc3-c3cccc(C(F)(F)F)n3)nc12.Cc1nc(-c2ncccc2-c2ccn3ncc(C#N)c3n2)ccc1F. The Balaban J connectivity index is 0.000000172. The number of pyridine rings is 4. The maximum atomic E-state index is 13.5. The van der Waals surface area contributed by atoms with Crippen molar-refractivity contribution in [1.29, 1.82) is 5.26 Å². The second kappa shape index (κ2) is 14.9. The fourth-order valence-corrected chi connectivity index (χ4v) is 5.50. The fraction of sp³-hybridized carbons (Fsp3) is 0.105. The van der Waals surface area contributed by atoms with Crippen LogP contribution < -0.4 is 0 Å². The largest absolute Gasteiger partial charge is 0.462 e. The lowest BCUT2D eigenvalue weighted by molar-refractivity contribution is -0.141. The number of carbonyl (C=O) groups excluding carboxylic acids is 1. The lowest BCUT2D eigenvalue weighted by atomic mass is 10.1. The van der Waals surface area contributed by atoms with Crippen molar-refractivity contribution >= 4 is 17.3 Å². The van der Waals surface area contributed by atoms with Crippen LogP contribution in [0.4, 0.5) is 17.6 Å². The van der Waals surface area contributed by atoms with E-state index in [1.165, 1.54) is 41.3 Å². The number of aryl methyl sites for hydroxylation is 1. The molecule has 0 unspecified atom stereocenters. The van der Waals surface area contributed by atoms with Gasteiger partial charge in [0.05, 0.1) is 58.9 Å². The molecule has 0 aliphatic rings. The summed E-state index contributed by atoms with van der Waals surface area (Å²) in [6.07, 6.45) is 4.69. The molecule has 0 N–H and O–H groups in total. The molecular formula is C38H25F4N11O2. The summed E-state index contributed by atoms with van der Waals surface area (Å²) in [7, 11) is 0. The van der Waals surface area contributed by atoms with Crippen LogP contribution in [0.2, 0.25) is 0 Å². The van der Waals surface area contributed by atoms with Gasteiger partial charge in [-0.05, 0) is 74.5 Å². The fourth-order valence-electron chi connectivity index (χ4n) is 5.50. The van der Waals surface area contributed by atoms with E-state index < -0.39 is 17.8 Å². The van der Waals surface area contributed by atoms with E-state index in [1.807, 2.05) is 6.07 Å². The summed E-state index contributed by atoms with van der Waals surface area (Å²) >= 11 is 0. The van der Waals surface area contributed by atoms with Crippen molar-refractivity contribution in [2.45, 2.75) is 20.0 Å². The molecule has 0 saturated carbocycles. The number of rotatable bonds is 6. The summed E-state index contributed by atoms with van der Waals surface area (Å²) in [6.45, 7) is 3.49. The zero-order chi connectivity index (χ0) is 38.7. The predicted molar refractivity (Wildman–Crippen MR) is 189 cm³/mol. The Labute approximate surface area is 308 Å². The first-order valence-corrected chi connectivity index (χ1v) is 16.4. The zero-order valence-electron chi connectivity index (χ0n) is 28.8. The van der Waals surface area contributed by atoms with Crippen LogP contribution >= 0.6 is 0 Å². The molecule has 0 aliphatic carbocycles. The molecule has 8 aromatic heterocycles. The third-order valence-electron chi connectivity index (χ3n) is 8.07. The molecule has 8 rings (SSSR count). The van der Waals surface area contributed by atoms with E-state index in [2.05, 4.69) is 46.2 Å². The van der Waals surface area contributed by atoms with E-state index in [0.29, 0.717) is 45.2 Å². The molecule has 0 aliphatic heterocycles. The average molecular weight is 744 g/mol. The van der Waals surface area contributed by atoms with Crippen molar-refractivity contribution < 1.29 is 27.1 Å². The van der Waals surface area contributed by atoms with Crippen molar-refractivity contribution in [2.24, 2.45) is 0 Å². The lowest BCUT2D eigenvalue weighted by Gasteiger charge is -2.11. The average Bonchev–Trinajstić information content (AvgIpc) is 3.83. The molecule has 0 saturated heterocycles. The van der Waals surface area contributed by atoms with Crippen LogP contribution in [0.5, 0.6) is 0 Å². The molecule has 0 amide bonds. The quantitative estimate of drug-likeness (QED) is 0.125. The molecular weight excluding hydrogens is 718 g/mol. The molecule has 17 heteroatoms. The molecule has 8 heterocycles. The van der Waals surface area contributed by atoms with Crippen LogP contribution in [0.15, 0.2) is 104 Å². The normalized spacial score (nSPS) is 11.2. The molecule has 0 fully saturated rings. The number of aromatic nitrogens is 10. The molecule has 0 atom stereocenters. The molecule has 0 bridgehead atoms. The van der Waals surface area contributed by atoms with Crippen LogP contribution in [0, 0.1) is 24.1 Å². The Kier molecular flexibility index (Phi) is 9.71. The number of ether oxygens (including phenoxy) is 1. The summed E-state index contributed by atoms with van der Waals surface area (Å²) in [5.41, 5.74) is 4.29. The maximum Gasteiger partial charge on any atom is 0.433 e. The van der Waals surface area contributed by atoms with Crippen molar-refractivity contribution in [3.05, 3.63) is 132 Å². The van der Waals surface area contributed by atoms with Gasteiger partial charge < -0.3 is 4.74 Å². The highest BCUT2D eigenvalue weighted by Crippen LogP contribution is 2.33. The summed E-state index contributed by atoms with van der Waals surface area (Å²) in [6, 6.07) is 19.0. The molecule has 13 nitrogen and oxygen atoms in total. The number of hydrogen-bond acceptors (Lipinski definition) is 11. The molecule has 0 spiro atoms. The lowest BCUT2D eigenvalue weighted by Crippen LogP contribution is -2.08. The molecule has 55 heavy (non-hydrogen) atoms. The first kappa shape index (κ1) is 35.9. The Morgan fingerprint density at radius 1 is 0.764 bits per heavy atom. The van der Waals surface area contributed by atoms with E-state index in [9.17, 15) is 27.6 Å². The molecule has 0 radical (unpaired) electrons. The van der Waals surface area contributed by atoms with Gasteiger partial charge in [0.1, 0.15) is 28.7 Å². The second-order valence-corrected chi connectivity index (χ2v) is 11.6. The van der Waals surface area contributed by atoms with Gasteiger partial charge in [0.15, 0.2) is 11.3 Å². The van der Waals surface area contributed by atoms with Crippen LogP contribution in [0.25, 0.3) is 56.6 Å². The van der Waals surface area contributed by atoms with Crippen molar-refractivity contribution in [3.8, 4) is 51.4 Å². The van der Waals surface area contributed by atoms with Crippen molar-refractivity contribution in [2.75, 3.05) is 6.61 Å². The smallest absolute Gasteiger partial charge is 0.433 e. The minimum Gasteiger partial charge on any atom is -0.462 e. The topological polar surface area (TPSA) is 162 Å². The zero-order valence-corrected chi connectivity index (χ0v) is 28.8. The standard InChI is InChI=1S/C20H14F3N5O2.C18H11FN6/c1-2-30-19(29)13-11-25-28-10-8-14(27-18(13)28)12-5-4-9-24-17(12)15-6-3-7-16(26-15)20(21,22)23;1-11-14(19)4-5-16(23-11)17-13(3-2-7-21-17)15-6-8-25-18(24-15)12(9-20)10-22-25/h3-11H,2H2,1H3;2-8,10H,1H3. The minimum absolute atomic E-state index is 0.0567. The van der Waals surface area contributed by atoms with Crippen LogP contribution in [0.3, 0.4) is 0 Å². The Morgan fingerprint density at radius 3 is 2.00 bits per heavy atom. The van der Waals surface area contributed by atoms with E-state index in [-0.39, 0.29) is 35.0 Å². The maximum absolute atomic E-state index is 13.5. The minimum atomic E-state index is -4.58.